The van der Waals surface area contributed by atoms with Gasteiger partial charge in [0.25, 0.3) is 5.91 Å². The first-order valence-corrected chi connectivity index (χ1v) is 5.51. The van der Waals surface area contributed by atoms with E-state index in [1.807, 2.05) is 0 Å². The second-order valence-corrected chi connectivity index (χ2v) is 4.98. The van der Waals surface area contributed by atoms with Crippen LogP contribution in [0.4, 0.5) is 0 Å². The lowest BCUT2D eigenvalue weighted by Crippen LogP contribution is -2.36. The van der Waals surface area contributed by atoms with Crippen molar-refractivity contribution in [3.63, 3.8) is 0 Å². The molecule has 0 spiro atoms. The maximum absolute atomic E-state index is 11.1. The molecule has 0 aliphatic carbocycles. The first-order valence-electron chi connectivity index (χ1n) is 5.51. The Labute approximate surface area is 105 Å². The smallest absolute Gasteiger partial charge is 0.270 e. The molecule has 0 aliphatic rings. The fourth-order valence-corrected chi connectivity index (χ4v) is 1.71. The molecule has 1 atom stereocenters. The van der Waals surface area contributed by atoms with Gasteiger partial charge < -0.3 is 10.9 Å². The van der Waals surface area contributed by atoms with Crippen molar-refractivity contribution in [3.8, 4) is 0 Å². The molecular weight excluding hydrogens is 238 g/mol. The molecule has 0 aliphatic heterocycles. The highest BCUT2D eigenvalue weighted by Crippen LogP contribution is 2.29. The minimum absolute atomic E-state index is 0.356. The van der Waals surface area contributed by atoms with Crippen LogP contribution in [0.1, 0.15) is 34.1 Å². The third kappa shape index (κ3) is 4.15. The Morgan fingerprint density at radius 3 is 2.28 bits per heavy atom. The summed E-state index contributed by atoms with van der Waals surface area (Å²) in [5, 5.41) is 22.5. The Balaban J connectivity index is 5.60. The molecular formula is C11H19N3O4. The molecule has 0 aromatic carbocycles. The predicted molar refractivity (Wildman–Crippen MR) is 67.0 cm³/mol. The van der Waals surface area contributed by atoms with Gasteiger partial charge in [-0.2, -0.15) is 0 Å². The zero-order valence-electron chi connectivity index (χ0n) is 11.0. The molecule has 0 saturated carbocycles. The van der Waals surface area contributed by atoms with Crippen molar-refractivity contribution in [2.24, 2.45) is 16.3 Å². The van der Waals surface area contributed by atoms with Crippen molar-refractivity contribution in [3.05, 3.63) is 21.8 Å². The number of oxime groups is 1. The molecule has 7 nitrogen and oxygen atoms in total. The summed E-state index contributed by atoms with van der Waals surface area (Å²) in [6.45, 7) is 6.90. The molecule has 0 aromatic heterocycles. The van der Waals surface area contributed by atoms with E-state index < -0.39 is 22.3 Å². The third-order valence-electron chi connectivity index (χ3n) is 2.47. The van der Waals surface area contributed by atoms with E-state index in [2.05, 4.69) is 5.16 Å². The monoisotopic (exact) mass is 257 g/mol. The van der Waals surface area contributed by atoms with Gasteiger partial charge in [-0.25, -0.2) is 0 Å². The van der Waals surface area contributed by atoms with Crippen LogP contribution in [0.25, 0.3) is 0 Å². The first-order chi connectivity index (χ1) is 8.15. The molecule has 3 N–H and O–H groups in total. The molecule has 0 radical (unpaired) electrons. The number of nitrogens with two attached hydrogens (primary N) is 1. The van der Waals surface area contributed by atoms with Gasteiger partial charge in [0.15, 0.2) is 5.71 Å². The topological polar surface area (TPSA) is 119 Å². The van der Waals surface area contributed by atoms with Gasteiger partial charge in [0.05, 0.1) is 0 Å². The number of nitrogens with zero attached hydrogens (tertiary/aromatic N) is 2. The highest BCUT2D eigenvalue weighted by Gasteiger charge is 2.37. The Kier molecular flexibility index (Phi) is 5.48. The average Bonchev–Trinajstić information content (AvgIpc) is 2.20. The maximum atomic E-state index is 11.1. The van der Waals surface area contributed by atoms with Crippen LogP contribution in [-0.4, -0.2) is 27.8 Å². The fraction of sp³-hybridized carbons (Fsp3) is 0.636. The molecule has 0 heterocycles. The van der Waals surface area contributed by atoms with Crippen LogP contribution in [0, 0.1) is 15.5 Å². The lowest BCUT2D eigenvalue weighted by atomic mass is 9.81. The number of carbonyl (C=O) groups excluding carboxylic acids is 1. The van der Waals surface area contributed by atoms with Gasteiger partial charge in [0, 0.05) is 15.9 Å². The number of rotatable bonds is 5. The zero-order chi connectivity index (χ0) is 14.5. The van der Waals surface area contributed by atoms with Crippen molar-refractivity contribution in [1.29, 1.82) is 0 Å². The summed E-state index contributed by atoms with van der Waals surface area (Å²) in [7, 11) is 0. The minimum Gasteiger partial charge on any atom is -0.410 e. The predicted octanol–water partition coefficient (Wildman–Crippen LogP) is 1.33. The second-order valence-electron chi connectivity index (χ2n) is 4.98. The summed E-state index contributed by atoms with van der Waals surface area (Å²) in [4.78, 5) is 21.7. The number of nitro groups is 1. The highest BCUT2D eigenvalue weighted by atomic mass is 16.6. The summed E-state index contributed by atoms with van der Waals surface area (Å²) in [5.74, 6) is -0.931. The number of amides is 1. The van der Waals surface area contributed by atoms with Gasteiger partial charge in [-0.05, 0) is 12.5 Å². The zero-order valence-corrected chi connectivity index (χ0v) is 11.0. The summed E-state index contributed by atoms with van der Waals surface area (Å²) < 4.78 is 0. The third-order valence-corrected chi connectivity index (χ3v) is 2.47. The molecule has 1 amide bonds. The molecule has 0 aromatic rings. The van der Waals surface area contributed by atoms with E-state index in [4.69, 9.17) is 10.9 Å². The van der Waals surface area contributed by atoms with Gasteiger partial charge in [-0.3, -0.25) is 14.9 Å². The molecule has 7 heteroatoms. The van der Waals surface area contributed by atoms with E-state index in [0.717, 1.165) is 0 Å². The van der Waals surface area contributed by atoms with Crippen molar-refractivity contribution in [2.45, 2.75) is 40.2 Å². The van der Waals surface area contributed by atoms with E-state index in [-0.39, 0.29) is 5.71 Å². The maximum Gasteiger partial charge on any atom is 0.270 e. The van der Waals surface area contributed by atoms with E-state index in [1.165, 1.54) is 6.08 Å². The van der Waals surface area contributed by atoms with Crippen molar-refractivity contribution in [2.75, 3.05) is 0 Å². The van der Waals surface area contributed by atoms with E-state index in [1.54, 1.807) is 27.7 Å². The minimum atomic E-state index is -0.974. The van der Waals surface area contributed by atoms with Gasteiger partial charge in [0.2, 0.25) is 6.04 Å². The Bertz CT molecular complexity index is 394. The summed E-state index contributed by atoms with van der Waals surface area (Å²) in [6, 6.07) is -0.974. The SMILES string of the molecule is CC/C(=C\C(=N\O)C(N)=O)C([N+](=O)[O-])C(C)(C)C. The van der Waals surface area contributed by atoms with Crippen LogP contribution in [-0.2, 0) is 4.79 Å². The second kappa shape index (κ2) is 6.13. The highest BCUT2D eigenvalue weighted by molar-refractivity contribution is 6.42. The summed E-state index contributed by atoms with van der Waals surface area (Å²) in [6.07, 6.45) is 1.54. The Morgan fingerprint density at radius 1 is 1.56 bits per heavy atom. The average molecular weight is 257 g/mol. The number of carbonyl (C=O) groups is 1. The van der Waals surface area contributed by atoms with Crippen molar-refractivity contribution >= 4 is 11.6 Å². The van der Waals surface area contributed by atoms with Gasteiger partial charge in [0.1, 0.15) is 0 Å². The fourth-order valence-electron chi connectivity index (χ4n) is 1.71. The van der Waals surface area contributed by atoms with Crippen LogP contribution in [0.2, 0.25) is 0 Å². The van der Waals surface area contributed by atoms with Crippen LogP contribution < -0.4 is 5.73 Å². The number of hydrogen-bond acceptors (Lipinski definition) is 5. The van der Waals surface area contributed by atoms with Gasteiger partial charge in [-0.15, -0.1) is 0 Å². The van der Waals surface area contributed by atoms with E-state index in [0.29, 0.717) is 12.0 Å². The molecule has 1 unspecified atom stereocenters. The molecule has 18 heavy (non-hydrogen) atoms. The van der Waals surface area contributed by atoms with Crippen molar-refractivity contribution in [1.82, 2.24) is 0 Å². The lowest BCUT2D eigenvalue weighted by molar-refractivity contribution is -0.529. The van der Waals surface area contributed by atoms with Crippen LogP contribution >= 0.6 is 0 Å². The molecule has 0 saturated heterocycles. The largest absolute Gasteiger partial charge is 0.410 e. The van der Waals surface area contributed by atoms with Gasteiger partial charge in [-0.1, -0.05) is 32.9 Å². The first kappa shape index (κ1) is 16.1. The lowest BCUT2D eigenvalue weighted by Gasteiger charge is -2.25. The Hall–Kier alpha value is -1.92. The van der Waals surface area contributed by atoms with Gasteiger partial charge >= 0.3 is 0 Å². The van der Waals surface area contributed by atoms with E-state index in [9.17, 15) is 14.9 Å². The summed E-state index contributed by atoms with van der Waals surface area (Å²) >= 11 is 0. The molecule has 0 bridgehead atoms. The standard InChI is InChI=1S/C11H19N3O4/c1-5-7(6-8(13-16)10(12)15)9(14(17)18)11(2,3)4/h6,9,16H,5H2,1-4H3,(H2,12,15)/b7-6+,13-8-. The van der Waals surface area contributed by atoms with E-state index >= 15 is 0 Å². The number of hydrogen-bond donors (Lipinski definition) is 2. The van der Waals surface area contributed by atoms with Crippen LogP contribution in [0.15, 0.2) is 16.8 Å². The van der Waals surface area contributed by atoms with Crippen LogP contribution in [0.5, 0.6) is 0 Å². The number of primary amides is 1. The van der Waals surface area contributed by atoms with Crippen molar-refractivity contribution < 1.29 is 14.9 Å². The molecule has 102 valence electrons. The summed E-state index contributed by atoms with van der Waals surface area (Å²) in [5.41, 5.74) is 4.37. The quantitative estimate of drug-likeness (QED) is 0.334. The molecule has 0 fully saturated rings. The normalized spacial score (nSPS) is 15.3. The Morgan fingerprint density at radius 2 is 2.06 bits per heavy atom. The molecule has 0 rings (SSSR count). The van der Waals surface area contributed by atoms with Crippen LogP contribution in [0.3, 0.4) is 0 Å².